The third kappa shape index (κ3) is 3.90. The minimum Gasteiger partial charge on any atom is -0.493 e. The third-order valence-corrected chi connectivity index (χ3v) is 4.45. The maximum Gasteiger partial charge on any atom is 0.303 e. The number of fused-ring (bicyclic) bond motifs is 1. The van der Waals surface area contributed by atoms with E-state index < -0.39 is 5.97 Å². The monoisotopic (exact) mass is 338 g/mol. The van der Waals surface area contributed by atoms with Gasteiger partial charge in [0.25, 0.3) is 0 Å². The second-order valence-electron chi connectivity index (χ2n) is 6.65. The Morgan fingerprint density at radius 1 is 1.04 bits per heavy atom. The molecule has 0 aromatic heterocycles. The minimum absolute atomic E-state index is 0.0722. The van der Waals surface area contributed by atoms with Crippen molar-refractivity contribution in [3.8, 4) is 16.9 Å². The van der Waals surface area contributed by atoms with Crippen LogP contribution in [0.5, 0.6) is 5.75 Å². The van der Waals surface area contributed by atoms with Crippen molar-refractivity contribution in [3.63, 3.8) is 0 Å². The molecule has 0 saturated carbocycles. The predicted molar refractivity (Wildman–Crippen MR) is 96.4 cm³/mol. The molecule has 0 heterocycles. The number of benzene rings is 2. The molecule has 3 rings (SSSR count). The van der Waals surface area contributed by atoms with Crippen LogP contribution in [0.15, 0.2) is 30.3 Å². The molecule has 0 bridgehead atoms. The average molecular weight is 338 g/mol. The van der Waals surface area contributed by atoms with Crippen LogP contribution in [0.3, 0.4) is 0 Å². The number of carboxylic acid groups (broad SMARTS) is 1. The van der Waals surface area contributed by atoms with Gasteiger partial charge >= 0.3 is 5.97 Å². The van der Waals surface area contributed by atoms with E-state index >= 15 is 0 Å². The number of ether oxygens (including phenoxy) is 1. The van der Waals surface area contributed by atoms with Crippen molar-refractivity contribution < 1.29 is 19.4 Å². The first-order valence-corrected chi connectivity index (χ1v) is 8.57. The van der Waals surface area contributed by atoms with Crippen LogP contribution < -0.4 is 4.74 Å². The molecule has 0 radical (unpaired) electrons. The van der Waals surface area contributed by atoms with Gasteiger partial charge in [-0.3, -0.25) is 9.59 Å². The predicted octanol–water partition coefficient (Wildman–Crippen LogP) is 4.34. The van der Waals surface area contributed by atoms with Gasteiger partial charge in [-0.2, -0.15) is 0 Å². The third-order valence-electron chi connectivity index (χ3n) is 4.45. The van der Waals surface area contributed by atoms with Crippen LogP contribution in [0, 0.1) is 13.8 Å². The van der Waals surface area contributed by atoms with Gasteiger partial charge in [0, 0.05) is 24.0 Å². The summed E-state index contributed by atoms with van der Waals surface area (Å²) < 4.78 is 5.88. The van der Waals surface area contributed by atoms with E-state index in [0.29, 0.717) is 25.2 Å². The molecule has 0 fully saturated rings. The largest absolute Gasteiger partial charge is 0.493 e. The van der Waals surface area contributed by atoms with Crippen LogP contribution in [0.25, 0.3) is 11.1 Å². The van der Waals surface area contributed by atoms with Gasteiger partial charge in [0.1, 0.15) is 5.75 Å². The fourth-order valence-corrected chi connectivity index (χ4v) is 3.35. The normalized spacial score (nSPS) is 13.0. The van der Waals surface area contributed by atoms with Gasteiger partial charge in [-0.1, -0.05) is 29.3 Å². The lowest BCUT2D eigenvalue weighted by Gasteiger charge is -2.15. The molecule has 0 saturated heterocycles. The number of hydrogen-bond acceptors (Lipinski definition) is 3. The van der Waals surface area contributed by atoms with E-state index in [4.69, 9.17) is 9.84 Å². The first-order valence-electron chi connectivity index (χ1n) is 8.57. The summed E-state index contributed by atoms with van der Waals surface area (Å²) in [6, 6.07) is 10.2. The quantitative estimate of drug-likeness (QED) is 0.796. The fraction of sp³-hybridized carbons (Fsp3) is 0.333. The van der Waals surface area contributed by atoms with Gasteiger partial charge in [-0.05, 0) is 49.9 Å². The van der Waals surface area contributed by atoms with Crippen LogP contribution in [0.1, 0.15) is 46.3 Å². The molecule has 2 aromatic carbocycles. The Morgan fingerprint density at radius 3 is 2.44 bits per heavy atom. The zero-order valence-corrected chi connectivity index (χ0v) is 14.6. The molecule has 25 heavy (non-hydrogen) atoms. The maximum atomic E-state index is 12.1. The molecular formula is C21H22O4. The molecule has 1 N–H and O–H groups in total. The standard InChI is InChI=1S/C21H22O4/c1-13-8-14(2)10-16(9-13)18-11-15-5-6-19(22)17(15)12-20(18)25-7-3-4-21(23)24/h8-12H,3-7H2,1-2H3,(H,23,24). The lowest BCUT2D eigenvalue weighted by Crippen LogP contribution is -2.04. The number of carboxylic acids is 1. The van der Waals surface area contributed by atoms with Gasteiger partial charge < -0.3 is 9.84 Å². The van der Waals surface area contributed by atoms with E-state index in [1.807, 2.05) is 6.07 Å². The molecule has 4 nitrogen and oxygen atoms in total. The minimum atomic E-state index is -0.831. The Labute approximate surface area is 147 Å². The molecule has 130 valence electrons. The van der Waals surface area contributed by atoms with Gasteiger partial charge in [-0.25, -0.2) is 0 Å². The molecule has 0 aliphatic heterocycles. The van der Waals surface area contributed by atoms with E-state index in [9.17, 15) is 9.59 Å². The van der Waals surface area contributed by atoms with Crippen LogP contribution in [0.2, 0.25) is 0 Å². The second kappa shape index (κ2) is 7.09. The summed E-state index contributed by atoms with van der Waals surface area (Å²) in [4.78, 5) is 22.7. The second-order valence-corrected chi connectivity index (χ2v) is 6.65. The van der Waals surface area contributed by atoms with Gasteiger partial charge in [0.2, 0.25) is 0 Å². The Kier molecular flexibility index (Phi) is 4.88. The van der Waals surface area contributed by atoms with Crippen molar-refractivity contribution in [3.05, 3.63) is 52.6 Å². The molecule has 2 aromatic rings. The highest BCUT2D eigenvalue weighted by atomic mass is 16.5. The SMILES string of the molecule is Cc1cc(C)cc(-c2cc3c(cc2OCCCC(=O)O)C(=O)CC3)c1. The summed E-state index contributed by atoms with van der Waals surface area (Å²) in [5, 5.41) is 8.77. The molecular weight excluding hydrogens is 316 g/mol. The zero-order chi connectivity index (χ0) is 18.0. The lowest BCUT2D eigenvalue weighted by atomic mass is 9.96. The highest BCUT2D eigenvalue weighted by Gasteiger charge is 2.23. The van der Waals surface area contributed by atoms with E-state index in [0.717, 1.165) is 28.7 Å². The van der Waals surface area contributed by atoms with Crippen molar-refractivity contribution >= 4 is 11.8 Å². The van der Waals surface area contributed by atoms with Crippen molar-refractivity contribution in [2.45, 2.75) is 39.5 Å². The first kappa shape index (κ1) is 17.2. The highest BCUT2D eigenvalue weighted by molar-refractivity contribution is 6.01. The number of aliphatic carboxylic acids is 1. The summed E-state index contributed by atoms with van der Waals surface area (Å²) >= 11 is 0. The van der Waals surface area contributed by atoms with Gasteiger partial charge in [0.15, 0.2) is 5.78 Å². The van der Waals surface area contributed by atoms with Crippen LogP contribution >= 0.6 is 0 Å². The van der Waals surface area contributed by atoms with E-state index in [2.05, 4.69) is 38.1 Å². The van der Waals surface area contributed by atoms with Crippen molar-refractivity contribution in [1.29, 1.82) is 0 Å². The molecule has 0 unspecified atom stereocenters. The summed E-state index contributed by atoms with van der Waals surface area (Å²) in [6.07, 6.45) is 1.82. The number of carbonyl (C=O) groups is 2. The average Bonchev–Trinajstić information content (AvgIpc) is 2.90. The lowest BCUT2D eigenvalue weighted by molar-refractivity contribution is -0.137. The topological polar surface area (TPSA) is 63.6 Å². The van der Waals surface area contributed by atoms with Crippen LogP contribution in [-0.4, -0.2) is 23.5 Å². The van der Waals surface area contributed by atoms with E-state index in [1.165, 1.54) is 11.1 Å². The highest BCUT2D eigenvalue weighted by Crippen LogP contribution is 2.37. The van der Waals surface area contributed by atoms with E-state index in [-0.39, 0.29) is 12.2 Å². The summed E-state index contributed by atoms with van der Waals surface area (Å²) in [7, 11) is 0. The number of carbonyl (C=O) groups excluding carboxylic acids is 1. The molecule has 0 amide bonds. The summed E-state index contributed by atoms with van der Waals surface area (Å²) in [5.74, 6) is -0.0241. The Morgan fingerprint density at radius 2 is 1.76 bits per heavy atom. The van der Waals surface area contributed by atoms with Crippen molar-refractivity contribution in [1.82, 2.24) is 0 Å². The molecule has 0 atom stereocenters. The number of hydrogen-bond donors (Lipinski definition) is 1. The number of Topliss-reactive ketones (excluding diaryl/α,β-unsaturated/α-hetero) is 1. The fourth-order valence-electron chi connectivity index (χ4n) is 3.35. The molecule has 1 aliphatic rings. The van der Waals surface area contributed by atoms with Crippen LogP contribution in [-0.2, 0) is 11.2 Å². The number of rotatable bonds is 6. The van der Waals surface area contributed by atoms with Gasteiger partial charge in [0.05, 0.1) is 6.61 Å². The van der Waals surface area contributed by atoms with Gasteiger partial charge in [-0.15, -0.1) is 0 Å². The Bertz CT molecular complexity index is 816. The first-order chi connectivity index (χ1) is 11.9. The number of aryl methyl sites for hydroxylation is 3. The smallest absolute Gasteiger partial charge is 0.303 e. The summed E-state index contributed by atoms with van der Waals surface area (Å²) in [6.45, 7) is 4.43. The maximum absolute atomic E-state index is 12.1. The molecule has 4 heteroatoms. The molecule has 1 aliphatic carbocycles. The Balaban J connectivity index is 1.97. The molecule has 0 spiro atoms. The van der Waals surface area contributed by atoms with Crippen molar-refractivity contribution in [2.24, 2.45) is 0 Å². The zero-order valence-electron chi connectivity index (χ0n) is 14.6. The number of ketones is 1. The summed E-state index contributed by atoms with van der Waals surface area (Å²) in [5.41, 5.74) is 6.17. The Hall–Kier alpha value is -2.62. The van der Waals surface area contributed by atoms with E-state index in [1.54, 1.807) is 0 Å². The van der Waals surface area contributed by atoms with Crippen LogP contribution in [0.4, 0.5) is 0 Å². The van der Waals surface area contributed by atoms with Crippen molar-refractivity contribution in [2.75, 3.05) is 6.61 Å².